The van der Waals surface area contributed by atoms with E-state index in [1.807, 2.05) is 50.2 Å². The van der Waals surface area contributed by atoms with Gasteiger partial charge in [-0.15, -0.1) is 0 Å². The van der Waals surface area contributed by atoms with Crippen LogP contribution in [0.2, 0.25) is 5.02 Å². The summed E-state index contributed by atoms with van der Waals surface area (Å²) in [5.74, 6) is -0.206. The van der Waals surface area contributed by atoms with E-state index in [9.17, 15) is 9.59 Å². The van der Waals surface area contributed by atoms with E-state index < -0.39 is 6.04 Å². The lowest BCUT2D eigenvalue weighted by molar-refractivity contribution is -0.140. The lowest BCUT2D eigenvalue weighted by atomic mass is 10.0. The van der Waals surface area contributed by atoms with Gasteiger partial charge in [0.2, 0.25) is 11.8 Å². The third kappa shape index (κ3) is 6.10. The van der Waals surface area contributed by atoms with Crippen LogP contribution in [0.4, 0.5) is 0 Å². The molecule has 2 amide bonds. The Morgan fingerprint density at radius 3 is 2.41 bits per heavy atom. The first-order chi connectivity index (χ1) is 12.9. The van der Waals surface area contributed by atoms with Crippen molar-refractivity contribution >= 4 is 23.4 Å². The molecule has 0 spiro atoms. The normalized spacial score (nSPS) is 11.7. The molecule has 2 aromatic carbocycles. The minimum Gasteiger partial charge on any atom is -0.354 e. The summed E-state index contributed by atoms with van der Waals surface area (Å²) < 4.78 is 0. The molecule has 2 rings (SSSR count). The molecule has 0 saturated carbocycles. The Labute approximate surface area is 166 Å². The largest absolute Gasteiger partial charge is 0.354 e. The molecule has 0 unspecified atom stereocenters. The second kappa shape index (κ2) is 10.1. The molecular weight excluding hydrogens is 360 g/mol. The van der Waals surface area contributed by atoms with Gasteiger partial charge < -0.3 is 10.2 Å². The van der Waals surface area contributed by atoms with E-state index in [-0.39, 0.29) is 18.2 Å². The average molecular weight is 387 g/mol. The summed E-state index contributed by atoms with van der Waals surface area (Å²) in [6.45, 7) is 6.73. The molecule has 5 heteroatoms. The van der Waals surface area contributed by atoms with E-state index in [0.29, 0.717) is 18.1 Å². The van der Waals surface area contributed by atoms with Gasteiger partial charge in [-0.1, -0.05) is 54.9 Å². The molecule has 4 nitrogen and oxygen atoms in total. The molecule has 1 N–H and O–H groups in total. The molecule has 0 fully saturated rings. The predicted octanol–water partition coefficient (Wildman–Crippen LogP) is 4.13. The highest BCUT2D eigenvalue weighted by molar-refractivity contribution is 6.30. The SMILES string of the molecule is CCCNC(=O)[C@H](C)N(Cc1ccc(Cl)cc1)C(=O)Cc1ccccc1C. The Morgan fingerprint density at radius 1 is 1.11 bits per heavy atom. The number of hydrogen-bond donors (Lipinski definition) is 1. The number of nitrogens with zero attached hydrogens (tertiary/aromatic N) is 1. The highest BCUT2D eigenvalue weighted by Crippen LogP contribution is 2.16. The third-order valence-electron chi connectivity index (χ3n) is 4.59. The second-order valence-corrected chi connectivity index (χ2v) is 7.15. The van der Waals surface area contributed by atoms with Crippen LogP contribution in [0.3, 0.4) is 0 Å². The zero-order chi connectivity index (χ0) is 19.8. The minimum atomic E-state index is -0.552. The van der Waals surface area contributed by atoms with E-state index in [4.69, 9.17) is 11.6 Å². The fraction of sp³-hybridized carbons (Fsp3) is 0.364. The number of nitrogens with one attached hydrogen (secondary N) is 1. The van der Waals surface area contributed by atoms with Crippen LogP contribution in [0.5, 0.6) is 0 Å². The summed E-state index contributed by atoms with van der Waals surface area (Å²) in [5, 5.41) is 3.53. The van der Waals surface area contributed by atoms with Gasteiger partial charge in [-0.3, -0.25) is 9.59 Å². The van der Waals surface area contributed by atoms with Crippen molar-refractivity contribution in [3.05, 3.63) is 70.2 Å². The number of aryl methyl sites for hydroxylation is 1. The molecule has 0 aliphatic carbocycles. The predicted molar refractivity (Wildman–Crippen MR) is 110 cm³/mol. The lowest BCUT2D eigenvalue weighted by Crippen LogP contribution is -2.48. The quantitative estimate of drug-likeness (QED) is 0.741. The highest BCUT2D eigenvalue weighted by Gasteiger charge is 2.26. The summed E-state index contributed by atoms with van der Waals surface area (Å²) in [4.78, 5) is 27.2. The molecule has 0 aromatic heterocycles. The number of amides is 2. The lowest BCUT2D eigenvalue weighted by Gasteiger charge is -2.29. The Kier molecular flexibility index (Phi) is 7.86. The molecule has 0 aliphatic heterocycles. The number of hydrogen-bond acceptors (Lipinski definition) is 2. The molecule has 0 bridgehead atoms. The fourth-order valence-corrected chi connectivity index (χ4v) is 2.96. The zero-order valence-electron chi connectivity index (χ0n) is 16.2. The first kappa shape index (κ1) is 21.0. The first-order valence-electron chi connectivity index (χ1n) is 9.28. The van der Waals surface area contributed by atoms with Gasteiger partial charge in [-0.25, -0.2) is 0 Å². The fourth-order valence-electron chi connectivity index (χ4n) is 2.84. The Hall–Kier alpha value is -2.33. The van der Waals surface area contributed by atoms with Gasteiger partial charge in [0.25, 0.3) is 0 Å². The van der Waals surface area contributed by atoms with Crippen LogP contribution in [0.1, 0.15) is 37.0 Å². The summed E-state index contributed by atoms with van der Waals surface area (Å²) in [7, 11) is 0. The van der Waals surface area contributed by atoms with E-state index in [0.717, 1.165) is 23.1 Å². The van der Waals surface area contributed by atoms with Gasteiger partial charge >= 0.3 is 0 Å². The van der Waals surface area contributed by atoms with Crippen molar-refractivity contribution in [2.75, 3.05) is 6.54 Å². The number of carbonyl (C=O) groups is 2. The van der Waals surface area contributed by atoms with Crippen LogP contribution in [0.15, 0.2) is 48.5 Å². The van der Waals surface area contributed by atoms with Gasteiger partial charge in [0, 0.05) is 18.1 Å². The van der Waals surface area contributed by atoms with Crippen molar-refractivity contribution < 1.29 is 9.59 Å². The molecule has 0 saturated heterocycles. The van der Waals surface area contributed by atoms with Crippen LogP contribution < -0.4 is 5.32 Å². The maximum absolute atomic E-state index is 13.1. The smallest absolute Gasteiger partial charge is 0.242 e. The molecule has 1 atom stereocenters. The third-order valence-corrected chi connectivity index (χ3v) is 4.84. The number of halogens is 1. The van der Waals surface area contributed by atoms with Crippen molar-refractivity contribution in [2.24, 2.45) is 0 Å². The molecule has 2 aromatic rings. The van der Waals surface area contributed by atoms with Crippen LogP contribution in [-0.4, -0.2) is 29.3 Å². The standard InChI is InChI=1S/C22H27ClN2O2/c1-4-13-24-22(27)17(3)25(15-18-9-11-20(23)12-10-18)21(26)14-19-8-6-5-7-16(19)2/h5-12,17H,4,13-15H2,1-3H3,(H,24,27)/t17-/m0/s1. The molecule has 0 heterocycles. The number of benzene rings is 2. The second-order valence-electron chi connectivity index (χ2n) is 6.72. The van der Waals surface area contributed by atoms with Crippen molar-refractivity contribution in [3.63, 3.8) is 0 Å². The van der Waals surface area contributed by atoms with Gasteiger partial charge in [-0.2, -0.15) is 0 Å². The molecule has 0 aliphatic rings. The summed E-state index contributed by atoms with van der Waals surface area (Å²) in [6, 6.07) is 14.6. The average Bonchev–Trinajstić information content (AvgIpc) is 2.66. The Bertz CT molecular complexity index is 774. The summed E-state index contributed by atoms with van der Waals surface area (Å²) in [5.41, 5.74) is 2.98. The van der Waals surface area contributed by atoms with Crippen LogP contribution in [-0.2, 0) is 22.6 Å². The van der Waals surface area contributed by atoms with Crippen LogP contribution >= 0.6 is 11.6 Å². The minimum absolute atomic E-state index is 0.0709. The monoisotopic (exact) mass is 386 g/mol. The van der Waals surface area contributed by atoms with E-state index >= 15 is 0 Å². The van der Waals surface area contributed by atoms with E-state index in [1.165, 1.54) is 0 Å². The van der Waals surface area contributed by atoms with Crippen LogP contribution in [0, 0.1) is 6.92 Å². The van der Waals surface area contributed by atoms with Gasteiger partial charge in [0.05, 0.1) is 6.42 Å². The van der Waals surface area contributed by atoms with Gasteiger partial charge in [-0.05, 0) is 49.1 Å². The highest BCUT2D eigenvalue weighted by atomic mass is 35.5. The van der Waals surface area contributed by atoms with Crippen molar-refractivity contribution in [3.8, 4) is 0 Å². The first-order valence-corrected chi connectivity index (χ1v) is 9.66. The van der Waals surface area contributed by atoms with E-state index in [1.54, 1.807) is 24.0 Å². The zero-order valence-corrected chi connectivity index (χ0v) is 16.9. The Balaban J connectivity index is 2.21. The van der Waals surface area contributed by atoms with Crippen LogP contribution in [0.25, 0.3) is 0 Å². The van der Waals surface area contributed by atoms with Gasteiger partial charge in [0.15, 0.2) is 0 Å². The maximum atomic E-state index is 13.1. The van der Waals surface area contributed by atoms with Crippen molar-refractivity contribution in [2.45, 2.75) is 46.2 Å². The number of carbonyl (C=O) groups excluding carboxylic acids is 2. The Morgan fingerprint density at radius 2 is 1.78 bits per heavy atom. The van der Waals surface area contributed by atoms with Gasteiger partial charge in [0.1, 0.15) is 6.04 Å². The maximum Gasteiger partial charge on any atom is 0.242 e. The molecule has 0 radical (unpaired) electrons. The molecule has 144 valence electrons. The molecule has 27 heavy (non-hydrogen) atoms. The van der Waals surface area contributed by atoms with E-state index in [2.05, 4.69) is 5.32 Å². The topological polar surface area (TPSA) is 49.4 Å². The summed E-state index contributed by atoms with van der Waals surface area (Å²) in [6.07, 6.45) is 1.12. The molecular formula is C22H27ClN2O2. The van der Waals surface area contributed by atoms with Crippen molar-refractivity contribution in [1.82, 2.24) is 10.2 Å². The number of rotatable bonds is 8. The van der Waals surface area contributed by atoms with Crippen molar-refractivity contribution in [1.29, 1.82) is 0 Å². The summed E-state index contributed by atoms with van der Waals surface area (Å²) >= 11 is 5.96.